The van der Waals surface area contributed by atoms with Gasteiger partial charge in [0.1, 0.15) is 0 Å². The molecule has 1 atom stereocenters. The third kappa shape index (κ3) is 2.48. The molecule has 3 heteroatoms. The number of thiophene rings is 1. The first-order chi connectivity index (χ1) is 8.34. The lowest BCUT2D eigenvalue weighted by Crippen LogP contribution is -2.11. The SMILES string of the molecule is Clc1ccccc1NC(c1cccs1)C1CC1. The van der Waals surface area contributed by atoms with Crippen molar-refractivity contribution in [1.82, 2.24) is 0 Å². The van der Waals surface area contributed by atoms with Crippen LogP contribution in [0.2, 0.25) is 5.02 Å². The first-order valence-corrected chi connectivity index (χ1v) is 7.15. The first-order valence-electron chi connectivity index (χ1n) is 5.89. The molecular weight excluding hydrogens is 250 g/mol. The molecule has 1 aliphatic rings. The van der Waals surface area contributed by atoms with Gasteiger partial charge in [-0.05, 0) is 42.3 Å². The Bertz CT molecular complexity index is 491. The van der Waals surface area contributed by atoms with Crippen molar-refractivity contribution < 1.29 is 0 Å². The maximum Gasteiger partial charge on any atom is 0.0637 e. The Morgan fingerprint density at radius 3 is 2.65 bits per heavy atom. The minimum atomic E-state index is 0.426. The molecule has 1 fully saturated rings. The van der Waals surface area contributed by atoms with Crippen molar-refractivity contribution in [2.24, 2.45) is 5.92 Å². The fraction of sp³-hybridized carbons (Fsp3) is 0.286. The molecule has 0 amide bonds. The predicted octanol–water partition coefficient (Wildman–Crippen LogP) is 4.96. The van der Waals surface area contributed by atoms with E-state index < -0.39 is 0 Å². The van der Waals surface area contributed by atoms with Crippen LogP contribution in [0.4, 0.5) is 5.69 Å². The summed E-state index contributed by atoms with van der Waals surface area (Å²) in [4.78, 5) is 1.41. The van der Waals surface area contributed by atoms with Gasteiger partial charge in [-0.15, -0.1) is 11.3 Å². The highest BCUT2D eigenvalue weighted by Gasteiger charge is 2.33. The Morgan fingerprint density at radius 1 is 1.18 bits per heavy atom. The predicted molar refractivity (Wildman–Crippen MR) is 74.9 cm³/mol. The molecule has 1 heterocycles. The molecule has 88 valence electrons. The fourth-order valence-electron chi connectivity index (χ4n) is 2.06. The van der Waals surface area contributed by atoms with E-state index in [-0.39, 0.29) is 0 Å². The lowest BCUT2D eigenvalue weighted by molar-refractivity contribution is 0.691. The van der Waals surface area contributed by atoms with E-state index in [1.807, 2.05) is 35.6 Å². The van der Waals surface area contributed by atoms with Gasteiger partial charge < -0.3 is 5.32 Å². The smallest absolute Gasteiger partial charge is 0.0637 e. The molecule has 0 radical (unpaired) electrons. The van der Waals surface area contributed by atoms with Crippen molar-refractivity contribution in [3.8, 4) is 0 Å². The molecule has 0 saturated heterocycles. The second kappa shape index (κ2) is 4.71. The van der Waals surface area contributed by atoms with Crippen molar-refractivity contribution in [3.05, 3.63) is 51.7 Å². The standard InChI is InChI=1S/C14H14ClNS/c15-11-4-1-2-5-12(11)16-14(10-7-8-10)13-6-3-9-17-13/h1-6,9-10,14,16H,7-8H2. The van der Waals surface area contributed by atoms with E-state index >= 15 is 0 Å². The zero-order valence-electron chi connectivity index (χ0n) is 9.40. The highest BCUT2D eigenvalue weighted by atomic mass is 35.5. The summed E-state index contributed by atoms with van der Waals surface area (Å²) in [5.74, 6) is 0.768. The Morgan fingerprint density at radius 2 is 2.00 bits per heavy atom. The molecule has 1 N–H and O–H groups in total. The molecule has 0 aliphatic heterocycles. The normalized spacial score (nSPS) is 16.8. The van der Waals surface area contributed by atoms with Crippen molar-refractivity contribution >= 4 is 28.6 Å². The number of hydrogen-bond acceptors (Lipinski definition) is 2. The van der Waals surface area contributed by atoms with Crippen LogP contribution in [-0.2, 0) is 0 Å². The molecule has 1 aromatic heterocycles. The number of para-hydroxylation sites is 1. The van der Waals surface area contributed by atoms with Crippen LogP contribution in [0, 0.1) is 5.92 Å². The number of hydrogen-bond donors (Lipinski definition) is 1. The van der Waals surface area contributed by atoms with Crippen molar-refractivity contribution in [3.63, 3.8) is 0 Å². The monoisotopic (exact) mass is 263 g/mol. The summed E-state index contributed by atoms with van der Waals surface area (Å²) < 4.78 is 0. The van der Waals surface area contributed by atoms with E-state index in [4.69, 9.17) is 11.6 Å². The number of rotatable bonds is 4. The summed E-state index contributed by atoms with van der Waals surface area (Å²) in [5.41, 5.74) is 1.04. The van der Waals surface area contributed by atoms with Crippen LogP contribution < -0.4 is 5.32 Å². The van der Waals surface area contributed by atoms with E-state index in [9.17, 15) is 0 Å². The van der Waals surface area contributed by atoms with Gasteiger partial charge in [-0.25, -0.2) is 0 Å². The fourth-order valence-corrected chi connectivity index (χ4v) is 3.12. The van der Waals surface area contributed by atoms with E-state index in [0.29, 0.717) is 6.04 Å². The maximum atomic E-state index is 6.20. The van der Waals surface area contributed by atoms with Crippen molar-refractivity contribution in [1.29, 1.82) is 0 Å². The van der Waals surface area contributed by atoms with Crippen molar-refractivity contribution in [2.45, 2.75) is 18.9 Å². The second-order valence-electron chi connectivity index (χ2n) is 4.45. The van der Waals surface area contributed by atoms with Crippen LogP contribution >= 0.6 is 22.9 Å². The summed E-state index contributed by atoms with van der Waals surface area (Å²) in [6, 6.07) is 12.7. The molecule has 17 heavy (non-hydrogen) atoms. The third-order valence-corrected chi connectivity index (χ3v) is 4.41. The van der Waals surface area contributed by atoms with Crippen LogP contribution in [0.3, 0.4) is 0 Å². The Hall–Kier alpha value is -0.990. The molecular formula is C14H14ClNS. The zero-order valence-corrected chi connectivity index (χ0v) is 11.0. The van der Waals surface area contributed by atoms with Gasteiger partial charge in [0.15, 0.2) is 0 Å². The molecule has 0 spiro atoms. The Labute approximate surface area is 110 Å². The quantitative estimate of drug-likeness (QED) is 0.822. The Kier molecular flexibility index (Phi) is 3.08. The maximum absolute atomic E-state index is 6.20. The summed E-state index contributed by atoms with van der Waals surface area (Å²) >= 11 is 8.01. The third-order valence-electron chi connectivity index (χ3n) is 3.13. The molecule has 1 aromatic carbocycles. The van der Waals surface area contributed by atoms with Crippen LogP contribution in [0.1, 0.15) is 23.8 Å². The largest absolute Gasteiger partial charge is 0.376 e. The number of benzene rings is 1. The zero-order chi connectivity index (χ0) is 11.7. The van der Waals surface area contributed by atoms with Gasteiger partial charge in [-0.3, -0.25) is 0 Å². The summed E-state index contributed by atoms with van der Waals surface area (Å²) in [6.07, 6.45) is 2.64. The lowest BCUT2D eigenvalue weighted by atomic mass is 10.1. The van der Waals surface area contributed by atoms with Gasteiger partial charge in [-0.2, -0.15) is 0 Å². The molecule has 0 bridgehead atoms. The summed E-state index contributed by atoms with van der Waals surface area (Å²) in [5, 5.41) is 6.53. The number of halogens is 1. The highest BCUT2D eigenvalue weighted by Crippen LogP contribution is 2.44. The van der Waals surface area contributed by atoms with E-state index in [1.54, 1.807) is 0 Å². The number of anilines is 1. The average Bonchev–Trinajstić information content (AvgIpc) is 3.03. The first kappa shape index (κ1) is 11.1. The molecule has 2 aromatic rings. The van der Waals surface area contributed by atoms with Gasteiger partial charge in [0, 0.05) is 4.88 Å². The average molecular weight is 264 g/mol. The van der Waals surface area contributed by atoms with Gasteiger partial charge in [-0.1, -0.05) is 29.8 Å². The van der Waals surface area contributed by atoms with E-state index in [2.05, 4.69) is 22.8 Å². The van der Waals surface area contributed by atoms with Crippen molar-refractivity contribution in [2.75, 3.05) is 5.32 Å². The molecule has 1 aliphatic carbocycles. The van der Waals surface area contributed by atoms with Crippen LogP contribution in [0.15, 0.2) is 41.8 Å². The molecule has 1 saturated carbocycles. The number of nitrogens with one attached hydrogen (secondary N) is 1. The minimum Gasteiger partial charge on any atom is -0.376 e. The second-order valence-corrected chi connectivity index (χ2v) is 5.84. The van der Waals surface area contributed by atoms with Gasteiger partial charge >= 0.3 is 0 Å². The Balaban J connectivity index is 1.84. The van der Waals surface area contributed by atoms with Crippen LogP contribution in [0.5, 0.6) is 0 Å². The lowest BCUT2D eigenvalue weighted by Gasteiger charge is -2.19. The van der Waals surface area contributed by atoms with Gasteiger partial charge in [0.2, 0.25) is 0 Å². The van der Waals surface area contributed by atoms with E-state index in [0.717, 1.165) is 16.6 Å². The summed E-state index contributed by atoms with van der Waals surface area (Å²) in [7, 11) is 0. The highest BCUT2D eigenvalue weighted by molar-refractivity contribution is 7.10. The topological polar surface area (TPSA) is 12.0 Å². The molecule has 3 rings (SSSR count). The molecule has 1 nitrogen and oxygen atoms in total. The minimum absolute atomic E-state index is 0.426. The van der Waals surface area contributed by atoms with E-state index in [1.165, 1.54) is 17.7 Å². The van der Waals surface area contributed by atoms with Crippen LogP contribution in [0.25, 0.3) is 0 Å². The summed E-state index contributed by atoms with van der Waals surface area (Å²) in [6.45, 7) is 0. The van der Waals surface area contributed by atoms with Gasteiger partial charge in [0.05, 0.1) is 16.8 Å². The molecule has 1 unspecified atom stereocenters. The van der Waals surface area contributed by atoms with Crippen LogP contribution in [-0.4, -0.2) is 0 Å². The van der Waals surface area contributed by atoms with Gasteiger partial charge in [0.25, 0.3) is 0 Å².